The van der Waals surface area contributed by atoms with E-state index in [0.717, 1.165) is 17.1 Å². The van der Waals surface area contributed by atoms with Gasteiger partial charge in [0.1, 0.15) is 11.9 Å². The molecular formula is C17H24N2O4S. The fraction of sp³-hybridized carbons (Fsp3) is 0.529. The van der Waals surface area contributed by atoms with Crippen molar-refractivity contribution in [2.45, 2.75) is 19.1 Å². The van der Waals surface area contributed by atoms with Crippen LogP contribution in [0.4, 0.5) is 0 Å². The Labute approximate surface area is 146 Å². The second-order valence-electron chi connectivity index (χ2n) is 5.72. The first-order chi connectivity index (χ1) is 11.5. The SMILES string of the molecule is COc1ccc(CN2CCN(C(=O)C(O)CCSC)CC2=O)cc1. The Bertz CT molecular complexity index is 564. The van der Waals surface area contributed by atoms with Gasteiger partial charge in [-0.25, -0.2) is 0 Å². The number of ether oxygens (including phenoxy) is 1. The van der Waals surface area contributed by atoms with Crippen molar-refractivity contribution in [1.29, 1.82) is 0 Å². The van der Waals surface area contributed by atoms with E-state index in [0.29, 0.717) is 26.1 Å². The summed E-state index contributed by atoms with van der Waals surface area (Å²) in [6.45, 7) is 1.48. The van der Waals surface area contributed by atoms with E-state index in [9.17, 15) is 14.7 Å². The van der Waals surface area contributed by atoms with Crippen molar-refractivity contribution in [2.24, 2.45) is 0 Å². The molecule has 2 amide bonds. The lowest BCUT2D eigenvalue weighted by molar-refractivity contribution is -0.150. The number of piperazine rings is 1. The summed E-state index contributed by atoms with van der Waals surface area (Å²) in [6, 6.07) is 7.58. The van der Waals surface area contributed by atoms with Gasteiger partial charge < -0.3 is 19.6 Å². The standard InChI is InChI=1S/C17H24N2O4S/c1-23-14-5-3-13(4-6-14)11-18-8-9-19(12-16(18)21)17(22)15(20)7-10-24-2/h3-6,15,20H,7-12H2,1-2H3. The highest BCUT2D eigenvalue weighted by atomic mass is 32.2. The first-order valence-electron chi connectivity index (χ1n) is 7.91. The number of methoxy groups -OCH3 is 1. The molecular weight excluding hydrogens is 328 g/mol. The molecule has 1 N–H and O–H groups in total. The maximum absolute atomic E-state index is 12.3. The maximum Gasteiger partial charge on any atom is 0.251 e. The van der Waals surface area contributed by atoms with Gasteiger partial charge in [0.15, 0.2) is 0 Å². The molecule has 1 aliphatic rings. The van der Waals surface area contributed by atoms with Crippen LogP contribution in [0.15, 0.2) is 24.3 Å². The van der Waals surface area contributed by atoms with Crippen LogP contribution in [0.2, 0.25) is 0 Å². The van der Waals surface area contributed by atoms with Crippen LogP contribution in [0.5, 0.6) is 5.75 Å². The van der Waals surface area contributed by atoms with Gasteiger partial charge >= 0.3 is 0 Å². The molecule has 7 heteroatoms. The van der Waals surface area contributed by atoms with E-state index in [1.165, 1.54) is 4.90 Å². The van der Waals surface area contributed by atoms with Crippen molar-refractivity contribution in [3.63, 3.8) is 0 Å². The summed E-state index contributed by atoms with van der Waals surface area (Å²) in [6.07, 6.45) is 1.33. The number of hydrogen-bond donors (Lipinski definition) is 1. The average molecular weight is 352 g/mol. The van der Waals surface area contributed by atoms with Crippen molar-refractivity contribution in [2.75, 3.05) is 38.8 Å². The molecule has 24 heavy (non-hydrogen) atoms. The van der Waals surface area contributed by atoms with Crippen LogP contribution in [0, 0.1) is 0 Å². The predicted octanol–water partition coefficient (Wildman–Crippen LogP) is 0.980. The maximum atomic E-state index is 12.3. The van der Waals surface area contributed by atoms with Crippen molar-refractivity contribution < 1.29 is 19.4 Å². The summed E-state index contributed by atoms with van der Waals surface area (Å²) < 4.78 is 5.12. The average Bonchev–Trinajstić information content (AvgIpc) is 2.61. The summed E-state index contributed by atoms with van der Waals surface area (Å²) in [5.41, 5.74) is 1.02. The van der Waals surface area contributed by atoms with E-state index in [1.807, 2.05) is 30.5 Å². The van der Waals surface area contributed by atoms with E-state index >= 15 is 0 Å². The van der Waals surface area contributed by atoms with Gasteiger partial charge in [-0.1, -0.05) is 12.1 Å². The number of aliphatic hydroxyl groups is 1. The lowest BCUT2D eigenvalue weighted by Crippen LogP contribution is -2.54. The van der Waals surface area contributed by atoms with E-state index in [2.05, 4.69) is 0 Å². The first kappa shape index (κ1) is 18.6. The Hall–Kier alpha value is -1.73. The van der Waals surface area contributed by atoms with Crippen LogP contribution >= 0.6 is 11.8 Å². The highest BCUT2D eigenvalue weighted by Crippen LogP contribution is 2.15. The number of benzene rings is 1. The highest BCUT2D eigenvalue weighted by Gasteiger charge is 2.30. The minimum absolute atomic E-state index is 0.0331. The molecule has 0 aromatic heterocycles. The number of hydrogen-bond acceptors (Lipinski definition) is 5. The largest absolute Gasteiger partial charge is 0.497 e. The second kappa shape index (κ2) is 8.94. The topological polar surface area (TPSA) is 70.1 Å². The van der Waals surface area contributed by atoms with Crippen molar-refractivity contribution >= 4 is 23.6 Å². The third-order valence-electron chi connectivity index (χ3n) is 4.04. The Morgan fingerprint density at radius 2 is 2.04 bits per heavy atom. The molecule has 1 atom stereocenters. The fourth-order valence-corrected chi connectivity index (χ4v) is 3.04. The lowest BCUT2D eigenvalue weighted by Gasteiger charge is -2.35. The Morgan fingerprint density at radius 3 is 2.62 bits per heavy atom. The van der Waals surface area contributed by atoms with Gasteiger partial charge in [0, 0.05) is 19.6 Å². The third-order valence-corrected chi connectivity index (χ3v) is 4.69. The molecule has 0 radical (unpaired) electrons. The molecule has 0 aliphatic carbocycles. The summed E-state index contributed by atoms with van der Waals surface area (Å²) in [4.78, 5) is 27.7. The van der Waals surface area contributed by atoms with Gasteiger partial charge in [0.05, 0.1) is 13.7 Å². The fourth-order valence-electron chi connectivity index (χ4n) is 2.58. The van der Waals surface area contributed by atoms with Crippen LogP contribution in [-0.4, -0.2) is 71.6 Å². The molecule has 132 valence electrons. The normalized spacial score (nSPS) is 16.2. The minimum Gasteiger partial charge on any atom is -0.497 e. The Morgan fingerprint density at radius 1 is 1.33 bits per heavy atom. The van der Waals surface area contributed by atoms with Gasteiger partial charge in [0.25, 0.3) is 5.91 Å². The second-order valence-corrected chi connectivity index (χ2v) is 6.71. The van der Waals surface area contributed by atoms with Crippen molar-refractivity contribution in [3.05, 3.63) is 29.8 Å². The number of aliphatic hydroxyl groups excluding tert-OH is 1. The number of thioether (sulfide) groups is 1. The van der Waals surface area contributed by atoms with E-state index < -0.39 is 6.10 Å². The number of amides is 2. The summed E-state index contributed by atoms with van der Waals surface area (Å²) in [5, 5.41) is 9.90. The van der Waals surface area contributed by atoms with Crippen molar-refractivity contribution in [3.8, 4) is 5.75 Å². The molecule has 1 unspecified atom stereocenters. The molecule has 6 nitrogen and oxygen atoms in total. The quantitative estimate of drug-likeness (QED) is 0.792. The van der Waals surface area contributed by atoms with Crippen LogP contribution < -0.4 is 4.74 Å². The summed E-state index contributed by atoms with van der Waals surface area (Å²) in [7, 11) is 1.61. The monoisotopic (exact) mass is 352 g/mol. The zero-order valence-corrected chi connectivity index (χ0v) is 14.9. The zero-order valence-electron chi connectivity index (χ0n) is 14.1. The minimum atomic E-state index is -1.02. The molecule has 1 aromatic carbocycles. The molecule has 0 bridgehead atoms. The number of rotatable bonds is 7. The molecule has 1 fully saturated rings. The Balaban J connectivity index is 1.87. The van der Waals surface area contributed by atoms with Crippen LogP contribution in [0.1, 0.15) is 12.0 Å². The predicted molar refractivity (Wildman–Crippen MR) is 94.0 cm³/mol. The van der Waals surface area contributed by atoms with Crippen LogP contribution in [0.3, 0.4) is 0 Å². The number of carbonyl (C=O) groups excluding carboxylic acids is 2. The van der Waals surface area contributed by atoms with Gasteiger partial charge in [-0.3, -0.25) is 9.59 Å². The smallest absolute Gasteiger partial charge is 0.251 e. The summed E-state index contributed by atoms with van der Waals surface area (Å²) in [5.74, 6) is 1.06. The molecule has 2 rings (SSSR count). The number of carbonyl (C=O) groups is 2. The Kier molecular flexibility index (Phi) is 6.93. The molecule has 0 saturated carbocycles. The highest BCUT2D eigenvalue weighted by molar-refractivity contribution is 7.98. The van der Waals surface area contributed by atoms with E-state index in [4.69, 9.17) is 4.74 Å². The molecule has 0 spiro atoms. The third kappa shape index (κ3) is 4.88. The summed E-state index contributed by atoms with van der Waals surface area (Å²) >= 11 is 1.58. The first-order valence-corrected chi connectivity index (χ1v) is 9.31. The molecule has 1 heterocycles. The van der Waals surface area contributed by atoms with E-state index in [1.54, 1.807) is 23.8 Å². The molecule has 1 aliphatic heterocycles. The van der Waals surface area contributed by atoms with Gasteiger partial charge in [-0.2, -0.15) is 11.8 Å². The van der Waals surface area contributed by atoms with Gasteiger partial charge in [-0.05, 0) is 36.1 Å². The van der Waals surface area contributed by atoms with Crippen molar-refractivity contribution in [1.82, 2.24) is 9.80 Å². The van der Waals surface area contributed by atoms with E-state index in [-0.39, 0.29) is 18.4 Å². The molecule has 1 aromatic rings. The number of nitrogens with zero attached hydrogens (tertiary/aromatic N) is 2. The van der Waals surface area contributed by atoms with Crippen LogP contribution in [0.25, 0.3) is 0 Å². The lowest BCUT2D eigenvalue weighted by atomic mass is 10.1. The zero-order chi connectivity index (χ0) is 17.5. The molecule has 1 saturated heterocycles. The van der Waals surface area contributed by atoms with Gasteiger partial charge in [0.2, 0.25) is 5.91 Å². The van der Waals surface area contributed by atoms with Crippen LogP contribution in [-0.2, 0) is 16.1 Å². The van der Waals surface area contributed by atoms with Gasteiger partial charge in [-0.15, -0.1) is 0 Å².